The SMILES string of the molecule is CCn1cnc2ccc(-c3nnc(-c4ccc(NC(C)C)c(C#N)c4)o3)cc21. The summed E-state index contributed by atoms with van der Waals surface area (Å²) in [5.74, 6) is 0.815. The minimum absolute atomic E-state index is 0.236. The second-order valence-electron chi connectivity index (χ2n) is 6.82. The molecule has 0 saturated heterocycles. The molecule has 0 spiro atoms. The Kier molecular flexibility index (Phi) is 4.53. The molecule has 140 valence electrons. The molecular weight excluding hydrogens is 352 g/mol. The molecule has 1 N–H and O–H groups in total. The van der Waals surface area contributed by atoms with Crippen molar-refractivity contribution in [3.05, 3.63) is 48.3 Å². The Labute approximate surface area is 162 Å². The summed E-state index contributed by atoms with van der Waals surface area (Å²) in [6.45, 7) is 6.97. The smallest absolute Gasteiger partial charge is 0.248 e. The molecular formula is C21H20N6O. The van der Waals surface area contributed by atoms with Crippen molar-refractivity contribution in [3.63, 3.8) is 0 Å². The van der Waals surface area contributed by atoms with Crippen LogP contribution in [0.3, 0.4) is 0 Å². The Morgan fingerprint density at radius 3 is 2.50 bits per heavy atom. The van der Waals surface area contributed by atoms with Gasteiger partial charge in [0.25, 0.3) is 0 Å². The van der Waals surface area contributed by atoms with Gasteiger partial charge in [-0.25, -0.2) is 4.98 Å². The van der Waals surface area contributed by atoms with Gasteiger partial charge < -0.3 is 14.3 Å². The van der Waals surface area contributed by atoms with Gasteiger partial charge in [-0.1, -0.05) is 0 Å². The maximum atomic E-state index is 9.45. The highest BCUT2D eigenvalue weighted by atomic mass is 16.4. The van der Waals surface area contributed by atoms with Crippen LogP contribution in [0.2, 0.25) is 0 Å². The number of fused-ring (bicyclic) bond motifs is 1. The van der Waals surface area contributed by atoms with Crippen LogP contribution in [0.4, 0.5) is 5.69 Å². The van der Waals surface area contributed by atoms with E-state index in [1.54, 1.807) is 6.07 Å². The van der Waals surface area contributed by atoms with Crippen molar-refractivity contribution in [2.24, 2.45) is 0 Å². The number of imidazole rings is 1. The standard InChI is InChI=1S/C21H20N6O/c1-4-27-12-23-18-8-6-15(10-19(18)27)21-26-25-20(28-21)14-5-7-17(24-13(2)3)16(9-14)11-22/h5-10,12-13,24H,4H2,1-3H3. The normalized spacial score (nSPS) is 11.1. The van der Waals surface area contributed by atoms with E-state index >= 15 is 0 Å². The van der Waals surface area contributed by atoms with Crippen molar-refractivity contribution in [2.75, 3.05) is 5.32 Å². The lowest BCUT2D eigenvalue weighted by atomic mass is 10.1. The van der Waals surface area contributed by atoms with Crippen LogP contribution in [0, 0.1) is 11.3 Å². The molecule has 2 aromatic heterocycles. The number of hydrogen-bond donors (Lipinski definition) is 1. The molecule has 0 aliphatic carbocycles. The number of aryl methyl sites for hydroxylation is 1. The number of aromatic nitrogens is 4. The highest BCUT2D eigenvalue weighted by Crippen LogP contribution is 2.28. The van der Waals surface area contributed by atoms with E-state index in [4.69, 9.17) is 4.42 Å². The van der Waals surface area contributed by atoms with Gasteiger partial charge in [-0.15, -0.1) is 10.2 Å². The van der Waals surface area contributed by atoms with Crippen LogP contribution in [0.25, 0.3) is 33.9 Å². The van der Waals surface area contributed by atoms with Crippen LogP contribution in [-0.4, -0.2) is 25.8 Å². The second-order valence-corrected chi connectivity index (χ2v) is 6.82. The molecule has 0 fully saturated rings. The molecule has 0 saturated carbocycles. The molecule has 0 aliphatic heterocycles. The summed E-state index contributed by atoms with van der Waals surface area (Å²) in [6, 6.07) is 13.8. The van der Waals surface area contributed by atoms with E-state index in [0.29, 0.717) is 22.9 Å². The first-order valence-corrected chi connectivity index (χ1v) is 9.19. The zero-order valence-corrected chi connectivity index (χ0v) is 16.0. The fourth-order valence-corrected chi connectivity index (χ4v) is 3.10. The van der Waals surface area contributed by atoms with E-state index in [1.165, 1.54) is 0 Å². The molecule has 0 aliphatic rings. The van der Waals surface area contributed by atoms with E-state index in [-0.39, 0.29) is 6.04 Å². The lowest BCUT2D eigenvalue weighted by molar-refractivity contribution is 0.584. The third-order valence-electron chi connectivity index (χ3n) is 4.46. The van der Waals surface area contributed by atoms with Crippen molar-refractivity contribution in [1.29, 1.82) is 5.26 Å². The Morgan fingerprint density at radius 1 is 1.11 bits per heavy atom. The van der Waals surface area contributed by atoms with Crippen LogP contribution >= 0.6 is 0 Å². The molecule has 28 heavy (non-hydrogen) atoms. The van der Waals surface area contributed by atoms with Gasteiger partial charge in [-0.3, -0.25) is 0 Å². The second kappa shape index (κ2) is 7.16. The zero-order valence-electron chi connectivity index (χ0n) is 16.0. The first-order valence-electron chi connectivity index (χ1n) is 9.19. The number of nitrogens with one attached hydrogen (secondary N) is 1. The van der Waals surface area contributed by atoms with Gasteiger partial charge in [0.05, 0.1) is 28.6 Å². The maximum Gasteiger partial charge on any atom is 0.248 e. The van der Waals surface area contributed by atoms with Gasteiger partial charge in [0.15, 0.2) is 0 Å². The first-order chi connectivity index (χ1) is 13.6. The van der Waals surface area contributed by atoms with Crippen LogP contribution in [0.5, 0.6) is 0 Å². The molecule has 0 atom stereocenters. The Balaban J connectivity index is 1.69. The number of benzene rings is 2. The largest absolute Gasteiger partial charge is 0.416 e. The molecule has 0 bridgehead atoms. The van der Waals surface area contributed by atoms with Crippen molar-refractivity contribution in [2.45, 2.75) is 33.4 Å². The van der Waals surface area contributed by atoms with Gasteiger partial charge in [0, 0.05) is 23.7 Å². The fraction of sp³-hybridized carbons (Fsp3) is 0.238. The zero-order chi connectivity index (χ0) is 19.7. The summed E-state index contributed by atoms with van der Waals surface area (Å²) < 4.78 is 7.96. The van der Waals surface area contributed by atoms with Crippen LogP contribution < -0.4 is 5.32 Å². The van der Waals surface area contributed by atoms with E-state index < -0.39 is 0 Å². The Hall–Kier alpha value is -3.66. The number of nitriles is 1. The van der Waals surface area contributed by atoms with Gasteiger partial charge in [0.2, 0.25) is 11.8 Å². The lowest BCUT2D eigenvalue weighted by Gasteiger charge is -2.11. The van der Waals surface area contributed by atoms with Crippen LogP contribution in [-0.2, 0) is 6.54 Å². The molecule has 7 nitrogen and oxygen atoms in total. The number of rotatable bonds is 5. The van der Waals surface area contributed by atoms with E-state index in [1.807, 2.05) is 50.5 Å². The molecule has 2 heterocycles. The average molecular weight is 372 g/mol. The summed E-state index contributed by atoms with van der Waals surface area (Å²) in [5.41, 5.74) is 4.83. The summed E-state index contributed by atoms with van der Waals surface area (Å²) >= 11 is 0. The molecule has 0 radical (unpaired) electrons. The maximum absolute atomic E-state index is 9.45. The van der Waals surface area contributed by atoms with Crippen molar-refractivity contribution >= 4 is 16.7 Å². The van der Waals surface area contributed by atoms with Gasteiger partial charge in [0.1, 0.15) is 6.07 Å². The van der Waals surface area contributed by atoms with E-state index in [2.05, 4.69) is 38.1 Å². The van der Waals surface area contributed by atoms with Gasteiger partial charge in [-0.05, 0) is 57.2 Å². The Bertz CT molecular complexity index is 1180. The lowest BCUT2D eigenvalue weighted by Crippen LogP contribution is -2.10. The van der Waals surface area contributed by atoms with Crippen molar-refractivity contribution < 1.29 is 4.42 Å². The first kappa shape index (κ1) is 17.7. The minimum atomic E-state index is 0.236. The summed E-state index contributed by atoms with van der Waals surface area (Å²) in [5, 5.41) is 21.1. The van der Waals surface area contributed by atoms with E-state index in [0.717, 1.165) is 28.8 Å². The van der Waals surface area contributed by atoms with Gasteiger partial charge >= 0.3 is 0 Å². The molecule has 7 heteroatoms. The number of nitrogens with zero attached hydrogens (tertiary/aromatic N) is 5. The minimum Gasteiger partial charge on any atom is -0.416 e. The summed E-state index contributed by atoms with van der Waals surface area (Å²) in [7, 11) is 0. The predicted octanol–water partition coefficient (Wildman–Crippen LogP) is 4.47. The predicted molar refractivity (Wildman–Crippen MR) is 108 cm³/mol. The summed E-state index contributed by atoms with van der Waals surface area (Å²) in [4.78, 5) is 4.38. The third-order valence-corrected chi connectivity index (χ3v) is 4.46. The van der Waals surface area contributed by atoms with E-state index in [9.17, 15) is 5.26 Å². The topological polar surface area (TPSA) is 92.6 Å². The average Bonchev–Trinajstić information content (AvgIpc) is 3.34. The van der Waals surface area contributed by atoms with Crippen LogP contribution in [0.15, 0.2) is 47.1 Å². The number of hydrogen-bond acceptors (Lipinski definition) is 6. The molecule has 4 rings (SSSR count). The molecule has 0 unspecified atom stereocenters. The van der Waals surface area contributed by atoms with Crippen molar-refractivity contribution in [1.82, 2.24) is 19.7 Å². The quantitative estimate of drug-likeness (QED) is 0.556. The molecule has 0 amide bonds. The monoisotopic (exact) mass is 372 g/mol. The third kappa shape index (κ3) is 3.21. The highest BCUT2D eigenvalue weighted by Gasteiger charge is 2.14. The fourth-order valence-electron chi connectivity index (χ4n) is 3.10. The summed E-state index contributed by atoms with van der Waals surface area (Å²) in [6.07, 6.45) is 1.82. The van der Waals surface area contributed by atoms with Gasteiger partial charge in [-0.2, -0.15) is 5.26 Å². The number of anilines is 1. The Morgan fingerprint density at radius 2 is 1.82 bits per heavy atom. The van der Waals surface area contributed by atoms with Crippen molar-refractivity contribution in [3.8, 4) is 29.0 Å². The molecule has 2 aromatic carbocycles. The highest BCUT2D eigenvalue weighted by molar-refractivity contribution is 5.80. The van der Waals surface area contributed by atoms with Crippen LogP contribution in [0.1, 0.15) is 26.3 Å². The molecule has 4 aromatic rings.